The van der Waals surface area contributed by atoms with E-state index in [4.69, 9.17) is 9.79 Å². The lowest BCUT2D eigenvalue weighted by atomic mass is 10.3. The smallest absolute Gasteiger partial charge is 0.324 e. The lowest BCUT2D eigenvalue weighted by molar-refractivity contribution is 0.377. The quantitative estimate of drug-likeness (QED) is 0.458. The van der Waals surface area contributed by atoms with E-state index in [2.05, 4.69) is 0 Å². The molecule has 0 aliphatic rings. The van der Waals surface area contributed by atoms with Crippen LogP contribution >= 0.6 is 7.60 Å². The predicted molar refractivity (Wildman–Crippen MR) is 36.3 cm³/mol. The van der Waals surface area contributed by atoms with Crippen LogP contribution < -0.4 is 0 Å². The molecule has 0 aromatic rings. The maximum absolute atomic E-state index is 10.2. The van der Waals surface area contributed by atoms with Gasteiger partial charge in [-0.15, -0.1) is 0 Å². The van der Waals surface area contributed by atoms with Crippen LogP contribution in [0.3, 0.4) is 0 Å². The Morgan fingerprint density at radius 2 is 2.00 bits per heavy atom. The maximum atomic E-state index is 10.2. The van der Waals surface area contributed by atoms with Crippen LogP contribution in [0.2, 0.25) is 0 Å². The number of hydrogen-bond donors (Lipinski definition) is 2. The zero-order valence-corrected chi connectivity index (χ0v) is 6.43. The molecule has 0 radical (unpaired) electrons. The van der Waals surface area contributed by atoms with Crippen LogP contribution in [0.5, 0.6) is 0 Å². The summed E-state index contributed by atoms with van der Waals surface area (Å²) in [5.74, 6) is 0. The Morgan fingerprint density at radius 1 is 1.56 bits per heavy atom. The molecule has 4 heteroatoms. The second-order valence-electron chi connectivity index (χ2n) is 2.13. The first-order valence-electron chi connectivity index (χ1n) is 2.60. The van der Waals surface area contributed by atoms with Crippen LogP contribution in [-0.2, 0) is 4.57 Å². The summed E-state index contributed by atoms with van der Waals surface area (Å²) >= 11 is 0. The van der Waals surface area contributed by atoms with Gasteiger partial charge in [-0.2, -0.15) is 0 Å². The summed E-state index contributed by atoms with van der Waals surface area (Å²) < 4.78 is 10.2. The first-order valence-corrected chi connectivity index (χ1v) is 4.39. The van der Waals surface area contributed by atoms with E-state index in [0.717, 1.165) is 5.57 Å². The van der Waals surface area contributed by atoms with E-state index in [1.54, 1.807) is 13.8 Å². The monoisotopic (exact) mass is 150 g/mol. The first kappa shape index (κ1) is 8.89. The molecule has 0 aromatic carbocycles. The van der Waals surface area contributed by atoms with E-state index >= 15 is 0 Å². The summed E-state index contributed by atoms with van der Waals surface area (Å²) in [4.78, 5) is 16.7. The minimum atomic E-state index is -3.80. The number of rotatable bonds is 2. The molecule has 0 rings (SSSR count). The predicted octanol–water partition coefficient (Wildman–Crippen LogP) is 1.13. The molecule has 3 nitrogen and oxygen atoms in total. The molecule has 0 saturated carbocycles. The van der Waals surface area contributed by atoms with Crippen molar-refractivity contribution in [1.82, 2.24) is 0 Å². The summed E-state index contributed by atoms with van der Waals surface area (Å²) in [6, 6.07) is 0. The fourth-order valence-electron chi connectivity index (χ4n) is 0.301. The van der Waals surface area contributed by atoms with E-state index in [1.807, 2.05) is 0 Å². The van der Waals surface area contributed by atoms with Crippen LogP contribution in [0.1, 0.15) is 13.8 Å². The van der Waals surface area contributed by atoms with Gasteiger partial charge in [-0.1, -0.05) is 11.6 Å². The molecule has 2 N–H and O–H groups in total. The highest BCUT2D eigenvalue weighted by molar-refractivity contribution is 7.51. The molecule has 9 heavy (non-hydrogen) atoms. The van der Waals surface area contributed by atoms with Gasteiger partial charge in [-0.25, -0.2) is 0 Å². The van der Waals surface area contributed by atoms with Crippen LogP contribution in [0.25, 0.3) is 0 Å². The van der Waals surface area contributed by atoms with E-state index < -0.39 is 7.60 Å². The summed E-state index contributed by atoms with van der Waals surface area (Å²) in [5.41, 5.74) is 0.929. The van der Waals surface area contributed by atoms with Crippen LogP contribution in [0.4, 0.5) is 0 Å². The molecule has 0 amide bonds. The van der Waals surface area contributed by atoms with Gasteiger partial charge in [0, 0.05) is 0 Å². The van der Waals surface area contributed by atoms with Gasteiger partial charge < -0.3 is 9.79 Å². The Hall–Kier alpha value is -0.110. The molecule has 0 spiro atoms. The Morgan fingerprint density at radius 3 is 2.11 bits per heavy atom. The lowest BCUT2D eigenvalue weighted by Crippen LogP contribution is -1.82. The van der Waals surface area contributed by atoms with Crippen LogP contribution in [0, 0.1) is 0 Å². The largest absolute Gasteiger partial charge is 0.329 e. The van der Waals surface area contributed by atoms with Gasteiger partial charge in [0.05, 0.1) is 6.16 Å². The van der Waals surface area contributed by atoms with Gasteiger partial charge in [-0.05, 0) is 13.8 Å². The molecule has 0 heterocycles. The van der Waals surface area contributed by atoms with Crippen molar-refractivity contribution in [2.45, 2.75) is 13.8 Å². The molecule has 0 fully saturated rings. The summed E-state index contributed by atoms with van der Waals surface area (Å²) in [5, 5.41) is 0. The first-order chi connectivity index (χ1) is 3.92. The van der Waals surface area contributed by atoms with Gasteiger partial charge in [0.15, 0.2) is 0 Å². The van der Waals surface area contributed by atoms with Crippen molar-refractivity contribution in [2.24, 2.45) is 0 Å². The second-order valence-corrected chi connectivity index (χ2v) is 3.82. The highest BCUT2D eigenvalue weighted by Gasteiger charge is 2.08. The van der Waals surface area contributed by atoms with Gasteiger partial charge >= 0.3 is 7.60 Å². The van der Waals surface area contributed by atoms with Crippen molar-refractivity contribution in [3.63, 3.8) is 0 Å². The summed E-state index contributed by atoms with van der Waals surface area (Å²) in [7, 11) is -3.80. The van der Waals surface area contributed by atoms with E-state index in [0.29, 0.717) is 0 Å². The highest BCUT2D eigenvalue weighted by Crippen LogP contribution is 2.34. The number of hydrogen-bond acceptors (Lipinski definition) is 1. The maximum Gasteiger partial charge on any atom is 0.329 e. The Labute approximate surface area is 54.6 Å². The molecule has 0 unspecified atom stereocenters. The van der Waals surface area contributed by atoms with Crippen LogP contribution in [-0.4, -0.2) is 15.9 Å². The third kappa shape index (κ3) is 7.89. The molecular weight excluding hydrogens is 139 g/mol. The zero-order valence-electron chi connectivity index (χ0n) is 5.53. The molecule has 0 bridgehead atoms. The third-order valence-electron chi connectivity index (χ3n) is 0.737. The summed E-state index contributed by atoms with van der Waals surface area (Å²) in [6.07, 6.45) is 1.39. The SMILES string of the molecule is CC(C)=CCP(=O)(O)O. The number of allylic oxidation sites excluding steroid dienone is 2. The van der Waals surface area contributed by atoms with Crippen molar-refractivity contribution in [2.75, 3.05) is 6.16 Å². The highest BCUT2D eigenvalue weighted by atomic mass is 31.2. The normalized spacial score (nSPS) is 11.1. The van der Waals surface area contributed by atoms with E-state index in [-0.39, 0.29) is 6.16 Å². The minimum absolute atomic E-state index is 0.144. The molecule has 0 aliphatic heterocycles. The molecule has 0 saturated heterocycles. The Bertz CT molecular complexity index is 152. The van der Waals surface area contributed by atoms with Crippen molar-refractivity contribution < 1.29 is 14.4 Å². The minimum Gasteiger partial charge on any atom is -0.324 e. The molecule has 54 valence electrons. The molecular formula is C5H11O3P. The van der Waals surface area contributed by atoms with Crippen molar-refractivity contribution >= 4 is 7.60 Å². The fourth-order valence-corrected chi connectivity index (χ4v) is 0.904. The fraction of sp³-hybridized carbons (Fsp3) is 0.600. The summed E-state index contributed by atoms with van der Waals surface area (Å²) in [6.45, 7) is 3.60. The van der Waals surface area contributed by atoms with Crippen LogP contribution in [0.15, 0.2) is 11.6 Å². The third-order valence-corrected chi connectivity index (χ3v) is 1.40. The topological polar surface area (TPSA) is 57.5 Å². The van der Waals surface area contributed by atoms with Gasteiger partial charge in [0.25, 0.3) is 0 Å². The molecule has 0 atom stereocenters. The van der Waals surface area contributed by atoms with Crippen molar-refractivity contribution in [1.29, 1.82) is 0 Å². The average molecular weight is 150 g/mol. The van der Waals surface area contributed by atoms with E-state index in [9.17, 15) is 4.57 Å². The van der Waals surface area contributed by atoms with Gasteiger partial charge in [-0.3, -0.25) is 4.57 Å². The van der Waals surface area contributed by atoms with E-state index in [1.165, 1.54) is 6.08 Å². The zero-order chi connectivity index (χ0) is 7.49. The average Bonchev–Trinajstić information content (AvgIpc) is 1.59. The Kier molecular flexibility index (Phi) is 3.12. The molecule has 0 aliphatic carbocycles. The second kappa shape index (κ2) is 3.16. The van der Waals surface area contributed by atoms with Gasteiger partial charge in [0.2, 0.25) is 0 Å². The van der Waals surface area contributed by atoms with Crippen molar-refractivity contribution in [3.8, 4) is 0 Å². The lowest BCUT2D eigenvalue weighted by Gasteiger charge is -1.97. The van der Waals surface area contributed by atoms with Crippen molar-refractivity contribution in [3.05, 3.63) is 11.6 Å². The molecule has 0 aromatic heterocycles. The Balaban J connectivity index is 3.79. The standard InChI is InChI=1S/C5H11O3P/c1-5(2)3-4-9(6,7)8/h3H,4H2,1-2H3,(H2,6,7,8). The van der Waals surface area contributed by atoms with Gasteiger partial charge in [0.1, 0.15) is 0 Å².